The number of hydrogen-bond acceptors (Lipinski definition) is 4. The fourth-order valence-electron chi connectivity index (χ4n) is 1.41. The van der Waals surface area contributed by atoms with Gasteiger partial charge in [0.05, 0.1) is 17.4 Å². The molecule has 0 fully saturated rings. The van der Waals surface area contributed by atoms with Crippen molar-refractivity contribution in [3.63, 3.8) is 0 Å². The molecule has 1 rings (SSSR count). The highest BCUT2D eigenvalue weighted by molar-refractivity contribution is 7.91. The standard InChI is InChI=1S/C12H15FN2O2S/c1-2-18(16,17)6-5-15-9-11-7-12(13)4-3-10(11)8-14/h3-4,7,15H,2,5-6,9H2,1H3. The van der Waals surface area contributed by atoms with Crippen LogP contribution in [0, 0.1) is 17.1 Å². The van der Waals surface area contributed by atoms with Crippen molar-refractivity contribution in [1.82, 2.24) is 5.32 Å². The van der Waals surface area contributed by atoms with Gasteiger partial charge >= 0.3 is 0 Å². The molecule has 0 amide bonds. The van der Waals surface area contributed by atoms with Crippen LogP contribution in [0.5, 0.6) is 0 Å². The highest BCUT2D eigenvalue weighted by Crippen LogP contribution is 2.09. The predicted molar refractivity (Wildman–Crippen MR) is 67.1 cm³/mol. The summed E-state index contributed by atoms with van der Waals surface area (Å²) in [6.07, 6.45) is 0. The highest BCUT2D eigenvalue weighted by Gasteiger charge is 2.07. The summed E-state index contributed by atoms with van der Waals surface area (Å²) in [6.45, 7) is 2.16. The molecule has 0 aliphatic rings. The molecule has 0 bridgehead atoms. The fourth-order valence-corrected chi connectivity index (χ4v) is 2.16. The first-order valence-electron chi connectivity index (χ1n) is 5.58. The molecule has 1 N–H and O–H groups in total. The van der Waals surface area contributed by atoms with E-state index in [1.54, 1.807) is 6.92 Å². The van der Waals surface area contributed by atoms with Crippen molar-refractivity contribution in [2.75, 3.05) is 18.1 Å². The van der Waals surface area contributed by atoms with E-state index in [4.69, 9.17) is 5.26 Å². The van der Waals surface area contributed by atoms with Crippen molar-refractivity contribution in [3.8, 4) is 6.07 Å². The maximum Gasteiger partial charge on any atom is 0.151 e. The minimum Gasteiger partial charge on any atom is -0.312 e. The summed E-state index contributed by atoms with van der Waals surface area (Å²) in [6, 6.07) is 5.88. The predicted octanol–water partition coefficient (Wildman–Crippen LogP) is 1.22. The number of nitrogens with one attached hydrogen (secondary N) is 1. The number of nitrogens with zero attached hydrogens (tertiary/aromatic N) is 1. The summed E-state index contributed by atoms with van der Waals surface area (Å²) in [4.78, 5) is 0. The Bertz CT molecular complexity index is 550. The molecule has 0 radical (unpaired) electrons. The first kappa shape index (κ1) is 14.6. The average Bonchev–Trinajstić information content (AvgIpc) is 2.35. The molecular weight excluding hydrogens is 255 g/mol. The smallest absolute Gasteiger partial charge is 0.151 e. The molecule has 0 unspecified atom stereocenters. The van der Waals surface area contributed by atoms with Crippen molar-refractivity contribution in [2.24, 2.45) is 0 Å². The van der Waals surface area contributed by atoms with Crippen LogP contribution in [0.4, 0.5) is 4.39 Å². The van der Waals surface area contributed by atoms with Crippen LogP contribution in [-0.2, 0) is 16.4 Å². The summed E-state index contributed by atoms with van der Waals surface area (Å²) < 4.78 is 35.5. The van der Waals surface area contributed by atoms with Gasteiger partial charge in [0.2, 0.25) is 0 Å². The second kappa shape index (κ2) is 6.47. The van der Waals surface area contributed by atoms with Gasteiger partial charge in [0.25, 0.3) is 0 Å². The van der Waals surface area contributed by atoms with Crippen molar-refractivity contribution in [3.05, 3.63) is 35.1 Å². The normalized spacial score (nSPS) is 11.2. The molecule has 0 saturated carbocycles. The van der Waals surface area contributed by atoms with E-state index in [1.807, 2.05) is 6.07 Å². The molecule has 98 valence electrons. The molecule has 0 aliphatic carbocycles. The highest BCUT2D eigenvalue weighted by atomic mass is 32.2. The van der Waals surface area contributed by atoms with Gasteiger partial charge in [-0.3, -0.25) is 0 Å². The molecular formula is C12H15FN2O2S. The van der Waals surface area contributed by atoms with Crippen LogP contribution in [0.1, 0.15) is 18.1 Å². The van der Waals surface area contributed by atoms with Gasteiger partial charge in [0.1, 0.15) is 5.82 Å². The van der Waals surface area contributed by atoms with Gasteiger partial charge in [-0.2, -0.15) is 5.26 Å². The summed E-state index contributed by atoms with van der Waals surface area (Å²) in [5.41, 5.74) is 0.925. The number of hydrogen-bond donors (Lipinski definition) is 1. The van der Waals surface area contributed by atoms with Crippen LogP contribution in [0.3, 0.4) is 0 Å². The number of rotatable bonds is 6. The van der Waals surface area contributed by atoms with Crippen LogP contribution < -0.4 is 5.32 Å². The minimum absolute atomic E-state index is 0.0424. The Morgan fingerprint density at radius 3 is 2.78 bits per heavy atom. The van der Waals surface area contributed by atoms with Crippen LogP contribution in [-0.4, -0.2) is 26.5 Å². The molecule has 0 spiro atoms. The Kier molecular flexibility index (Phi) is 5.25. The van der Waals surface area contributed by atoms with Crippen LogP contribution >= 0.6 is 0 Å². The van der Waals surface area contributed by atoms with Crippen LogP contribution in [0.2, 0.25) is 0 Å². The second-order valence-electron chi connectivity index (χ2n) is 3.83. The van der Waals surface area contributed by atoms with Crippen LogP contribution in [0.15, 0.2) is 18.2 Å². The SMILES string of the molecule is CCS(=O)(=O)CCNCc1cc(F)ccc1C#N. The number of halogens is 1. The molecule has 6 heteroatoms. The lowest BCUT2D eigenvalue weighted by atomic mass is 10.1. The molecule has 0 aromatic heterocycles. The maximum atomic E-state index is 13.0. The Labute approximate surface area is 106 Å². The summed E-state index contributed by atoms with van der Waals surface area (Å²) in [5, 5.41) is 11.7. The molecule has 0 atom stereocenters. The molecule has 0 heterocycles. The minimum atomic E-state index is -3.00. The molecule has 0 saturated heterocycles. The lowest BCUT2D eigenvalue weighted by Gasteiger charge is -2.06. The third-order valence-electron chi connectivity index (χ3n) is 2.53. The number of benzene rings is 1. The lowest BCUT2D eigenvalue weighted by molar-refractivity contribution is 0.591. The average molecular weight is 270 g/mol. The van der Waals surface area contributed by atoms with E-state index < -0.39 is 15.7 Å². The lowest BCUT2D eigenvalue weighted by Crippen LogP contribution is -2.23. The van der Waals surface area contributed by atoms with E-state index >= 15 is 0 Å². The Hall–Kier alpha value is -1.45. The molecule has 4 nitrogen and oxygen atoms in total. The Morgan fingerprint density at radius 1 is 1.44 bits per heavy atom. The molecule has 1 aromatic carbocycles. The first-order chi connectivity index (χ1) is 8.48. The van der Waals surface area contributed by atoms with Gasteiger partial charge in [-0.15, -0.1) is 0 Å². The van der Waals surface area contributed by atoms with Crippen molar-refractivity contribution in [1.29, 1.82) is 5.26 Å². The van der Waals surface area contributed by atoms with Gasteiger partial charge < -0.3 is 5.32 Å². The zero-order valence-corrected chi connectivity index (χ0v) is 10.9. The molecule has 1 aromatic rings. The van der Waals surface area contributed by atoms with Gasteiger partial charge in [0, 0.05) is 18.8 Å². The zero-order valence-electron chi connectivity index (χ0n) is 10.1. The van der Waals surface area contributed by atoms with Gasteiger partial charge in [-0.05, 0) is 23.8 Å². The molecule has 18 heavy (non-hydrogen) atoms. The van der Waals surface area contributed by atoms with Crippen LogP contribution in [0.25, 0.3) is 0 Å². The third kappa shape index (κ3) is 4.43. The monoisotopic (exact) mass is 270 g/mol. The van der Waals surface area contributed by atoms with Crippen molar-refractivity contribution < 1.29 is 12.8 Å². The number of sulfone groups is 1. The largest absolute Gasteiger partial charge is 0.312 e. The summed E-state index contributed by atoms with van der Waals surface area (Å²) >= 11 is 0. The first-order valence-corrected chi connectivity index (χ1v) is 7.40. The number of nitriles is 1. The zero-order chi connectivity index (χ0) is 13.6. The van der Waals surface area contributed by atoms with Gasteiger partial charge in [0.15, 0.2) is 9.84 Å². The Morgan fingerprint density at radius 2 is 2.17 bits per heavy atom. The summed E-state index contributed by atoms with van der Waals surface area (Å²) in [5.74, 6) is -0.259. The quantitative estimate of drug-likeness (QED) is 0.789. The van der Waals surface area contributed by atoms with E-state index in [-0.39, 0.29) is 24.6 Å². The van der Waals surface area contributed by atoms with Gasteiger partial charge in [-0.25, -0.2) is 12.8 Å². The third-order valence-corrected chi connectivity index (χ3v) is 4.24. The maximum absolute atomic E-state index is 13.0. The van der Waals surface area contributed by atoms with E-state index in [1.165, 1.54) is 18.2 Å². The Balaban J connectivity index is 2.55. The van der Waals surface area contributed by atoms with E-state index in [9.17, 15) is 12.8 Å². The van der Waals surface area contributed by atoms with E-state index in [0.717, 1.165) is 0 Å². The summed E-state index contributed by atoms with van der Waals surface area (Å²) in [7, 11) is -3.00. The fraction of sp³-hybridized carbons (Fsp3) is 0.417. The second-order valence-corrected chi connectivity index (χ2v) is 6.30. The topological polar surface area (TPSA) is 70.0 Å². The van der Waals surface area contributed by atoms with E-state index in [2.05, 4.69) is 5.32 Å². The van der Waals surface area contributed by atoms with Gasteiger partial charge in [-0.1, -0.05) is 6.92 Å². The molecule has 0 aliphatic heterocycles. The van der Waals surface area contributed by atoms with E-state index in [0.29, 0.717) is 11.1 Å². The van der Waals surface area contributed by atoms with Crippen molar-refractivity contribution in [2.45, 2.75) is 13.5 Å². The van der Waals surface area contributed by atoms with Crippen molar-refractivity contribution >= 4 is 9.84 Å².